The minimum atomic E-state index is -0.343. The van der Waals surface area contributed by atoms with Gasteiger partial charge < -0.3 is 5.32 Å². The molecule has 1 N–H and O–H groups in total. The summed E-state index contributed by atoms with van der Waals surface area (Å²) >= 11 is 1.27. The standard InChI is InChI=1S/C18H17FN4OS/c1-12-3-7-15(8-4-12)23-11-20-22-18(23)25-10-17(24)21-14-6-5-13(2)16(19)9-14/h3-9,11H,10H2,1-2H3,(H,21,24). The number of hydrogen-bond donors (Lipinski definition) is 1. The van der Waals surface area contributed by atoms with Crippen LogP contribution in [0.1, 0.15) is 11.1 Å². The normalized spacial score (nSPS) is 10.7. The summed E-state index contributed by atoms with van der Waals surface area (Å²) in [6.45, 7) is 3.69. The smallest absolute Gasteiger partial charge is 0.234 e. The predicted octanol–water partition coefficient (Wildman–Crippen LogP) is 3.75. The van der Waals surface area contributed by atoms with Crippen LogP contribution in [0.15, 0.2) is 53.9 Å². The van der Waals surface area contributed by atoms with E-state index in [9.17, 15) is 9.18 Å². The maximum atomic E-state index is 13.5. The van der Waals surface area contributed by atoms with E-state index in [-0.39, 0.29) is 17.5 Å². The maximum Gasteiger partial charge on any atom is 0.234 e. The molecular formula is C18H17FN4OS. The molecule has 1 heterocycles. The lowest BCUT2D eigenvalue weighted by Crippen LogP contribution is -2.14. The molecule has 0 saturated carbocycles. The topological polar surface area (TPSA) is 59.8 Å². The van der Waals surface area contributed by atoms with Gasteiger partial charge in [-0.05, 0) is 43.7 Å². The summed E-state index contributed by atoms with van der Waals surface area (Å²) in [6, 6.07) is 12.6. The third-order valence-electron chi connectivity index (χ3n) is 3.62. The lowest BCUT2D eigenvalue weighted by molar-refractivity contribution is -0.113. The molecule has 3 rings (SSSR count). The van der Waals surface area contributed by atoms with Crippen molar-refractivity contribution >= 4 is 23.4 Å². The highest BCUT2D eigenvalue weighted by atomic mass is 32.2. The molecule has 1 amide bonds. The first-order chi connectivity index (χ1) is 12.0. The van der Waals surface area contributed by atoms with Gasteiger partial charge in [-0.15, -0.1) is 10.2 Å². The van der Waals surface area contributed by atoms with E-state index < -0.39 is 0 Å². The fourth-order valence-electron chi connectivity index (χ4n) is 2.20. The first-order valence-electron chi connectivity index (χ1n) is 7.69. The summed E-state index contributed by atoms with van der Waals surface area (Å²) in [4.78, 5) is 12.1. The maximum absolute atomic E-state index is 13.5. The molecule has 0 fully saturated rings. The highest BCUT2D eigenvalue weighted by molar-refractivity contribution is 7.99. The quantitative estimate of drug-likeness (QED) is 0.707. The number of benzene rings is 2. The minimum Gasteiger partial charge on any atom is -0.325 e. The van der Waals surface area contributed by atoms with Crippen molar-refractivity contribution in [3.05, 3.63) is 65.7 Å². The second kappa shape index (κ2) is 7.48. The molecule has 3 aromatic rings. The number of nitrogens with zero attached hydrogens (tertiary/aromatic N) is 3. The van der Waals surface area contributed by atoms with Gasteiger partial charge in [0.2, 0.25) is 5.91 Å². The van der Waals surface area contributed by atoms with Crippen molar-refractivity contribution in [3.63, 3.8) is 0 Å². The molecule has 0 atom stereocenters. The number of halogens is 1. The second-order valence-corrected chi connectivity index (χ2v) is 6.56. The number of aromatic nitrogens is 3. The van der Waals surface area contributed by atoms with Gasteiger partial charge in [-0.1, -0.05) is 35.5 Å². The summed E-state index contributed by atoms with van der Waals surface area (Å²) in [5.41, 5.74) is 3.07. The van der Waals surface area contributed by atoms with E-state index in [4.69, 9.17) is 0 Å². The first-order valence-corrected chi connectivity index (χ1v) is 8.67. The van der Waals surface area contributed by atoms with Gasteiger partial charge in [0.15, 0.2) is 5.16 Å². The Hall–Kier alpha value is -2.67. The molecule has 0 unspecified atom stereocenters. The number of nitrogens with one attached hydrogen (secondary N) is 1. The Kier molecular flexibility index (Phi) is 5.14. The van der Waals surface area contributed by atoms with Crippen LogP contribution in [0.4, 0.5) is 10.1 Å². The molecule has 5 nitrogen and oxygen atoms in total. The number of carbonyl (C=O) groups excluding carboxylic acids is 1. The van der Waals surface area contributed by atoms with Crippen LogP contribution in [-0.2, 0) is 4.79 Å². The van der Waals surface area contributed by atoms with Crippen molar-refractivity contribution in [3.8, 4) is 5.69 Å². The van der Waals surface area contributed by atoms with Gasteiger partial charge in [0, 0.05) is 11.4 Å². The predicted molar refractivity (Wildman–Crippen MR) is 96.6 cm³/mol. The Bertz CT molecular complexity index is 892. The molecular weight excluding hydrogens is 339 g/mol. The van der Waals surface area contributed by atoms with Gasteiger partial charge >= 0.3 is 0 Å². The molecule has 0 aliphatic heterocycles. The zero-order valence-corrected chi connectivity index (χ0v) is 14.7. The number of thioether (sulfide) groups is 1. The molecule has 0 aliphatic rings. The van der Waals surface area contributed by atoms with E-state index >= 15 is 0 Å². The number of amides is 1. The molecule has 1 aromatic heterocycles. The summed E-state index contributed by atoms with van der Waals surface area (Å²) in [5.74, 6) is -0.420. The Morgan fingerprint density at radius 1 is 1.20 bits per heavy atom. The van der Waals surface area contributed by atoms with Gasteiger partial charge in [-0.25, -0.2) is 4.39 Å². The Balaban J connectivity index is 1.64. The Labute approximate surface area is 149 Å². The zero-order chi connectivity index (χ0) is 17.8. The third kappa shape index (κ3) is 4.24. The summed E-state index contributed by atoms with van der Waals surface area (Å²) < 4.78 is 15.4. The summed E-state index contributed by atoms with van der Waals surface area (Å²) in [5, 5.41) is 11.3. The van der Waals surface area contributed by atoms with E-state index in [0.29, 0.717) is 16.4 Å². The Morgan fingerprint density at radius 2 is 1.96 bits per heavy atom. The van der Waals surface area contributed by atoms with Crippen LogP contribution in [0.25, 0.3) is 5.69 Å². The molecule has 128 valence electrons. The summed E-state index contributed by atoms with van der Waals surface area (Å²) in [6.07, 6.45) is 1.61. The number of carbonyl (C=O) groups is 1. The van der Waals surface area contributed by atoms with E-state index in [1.807, 2.05) is 35.8 Å². The van der Waals surface area contributed by atoms with Crippen molar-refractivity contribution in [1.82, 2.24) is 14.8 Å². The van der Waals surface area contributed by atoms with Crippen LogP contribution >= 0.6 is 11.8 Å². The van der Waals surface area contributed by atoms with Crippen LogP contribution in [-0.4, -0.2) is 26.4 Å². The number of rotatable bonds is 5. The zero-order valence-electron chi connectivity index (χ0n) is 13.9. The van der Waals surface area contributed by atoms with Crippen LogP contribution < -0.4 is 5.32 Å². The molecule has 0 aliphatic carbocycles. The van der Waals surface area contributed by atoms with Crippen LogP contribution in [0.5, 0.6) is 0 Å². The lowest BCUT2D eigenvalue weighted by atomic mass is 10.2. The molecule has 0 saturated heterocycles. The summed E-state index contributed by atoms with van der Waals surface area (Å²) in [7, 11) is 0. The molecule has 0 bridgehead atoms. The third-order valence-corrected chi connectivity index (χ3v) is 4.56. The average Bonchev–Trinajstić information content (AvgIpc) is 3.06. The number of anilines is 1. The minimum absolute atomic E-state index is 0.153. The number of hydrogen-bond acceptors (Lipinski definition) is 4. The molecule has 0 radical (unpaired) electrons. The highest BCUT2D eigenvalue weighted by Crippen LogP contribution is 2.20. The van der Waals surface area contributed by atoms with Crippen LogP contribution in [0.2, 0.25) is 0 Å². The van der Waals surface area contributed by atoms with Gasteiger partial charge in [0.25, 0.3) is 0 Å². The van der Waals surface area contributed by atoms with Crippen molar-refractivity contribution in [2.45, 2.75) is 19.0 Å². The highest BCUT2D eigenvalue weighted by Gasteiger charge is 2.11. The molecule has 7 heteroatoms. The number of aryl methyl sites for hydroxylation is 2. The monoisotopic (exact) mass is 356 g/mol. The van der Waals surface area contributed by atoms with E-state index in [1.54, 1.807) is 25.4 Å². The van der Waals surface area contributed by atoms with Crippen molar-refractivity contribution in [2.24, 2.45) is 0 Å². The Morgan fingerprint density at radius 3 is 2.68 bits per heavy atom. The molecule has 0 spiro atoms. The van der Waals surface area contributed by atoms with Crippen molar-refractivity contribution in [1.29, 1.82) is 0 Å². The van der Waals surface area contributed by atoms with E-state index in [1.165, 1.54) is 17.8 Å². The largest absolute Gasteiger partial charge is 0.325 e. The first kappa shape index (κ1) is 17.2. The van der Waals surface area contributed by atoms with E-state index in [2.05, 4.69) is 15.5 Å². The van der Waals surface area contributed by atoms with Gasteiger partial charge in [0.1, 0.15) is 12.1 Å². The molecule has 2 aromatic carbocycles. The van der Waals surface area contributed by atoms with Gasteiger partial charge in [0.05, 0.1) is 5.75 Å². The fourth-order valence-corrected chi connectivity index (χ4v) is 2.93. The van der Waals surface area contributed by atoms with Crippen LogP contribution in [0.3, 0.4) is 0 Å². The van der Waals surface area contributed by atoms with Crippen molar-refractivity contribution in [2.75, 3.05) is 11.1 Å². The van der Waals surface area contributed by atoms with Crippen LogP contribution in [0, 0.1) is 19.7 Å². The van der Waals surface area contributed by atoms with Gasteiger partial charge in [-0.2, -0.15) is 0 Å². The lowest BCUT2D eigenvalue weighted by Gasteiger charge is -2.08. The second-order valence-electron chi connectivity index (χ2n) is 5.62. The SMILES string of the molecule is Cc1ccc(-n2cnnc2SCC(=O)Nc2ccc(C)c(F)c2)cc1. The average molecular weight is 356 g/mol. The molecule has 25 heavy (non-hydrogen) atoms. The van der Waals surface area contributed by atoms with Crippen molar-refractivity contribution < 1.29 is 9.18 Å². The van der Waals surface area contributed by atoms with E-state index in [0.717, 1.165) is 11.3 Å². The fraction of sp³-hybridized carbons (Fsp3) is 0.167. The van der Waals surface area contributed by atoms with Gasteiger partial charge in [-0.3, -0.25) is 9.36 Å².